The van der Waals surface area contributed by atoms with Gasteiger partial charge in [0, 0.05) is 19.4 Å². The molecule has 0 radical (unpaired) electrons. The van der Waals surface area contributed by atoms with Crippen molar-refractivity contribution in [2.45, 2.75) is 174 Å². The van der Waals surface area contributed by atoms with E-state index in [0.717, 1.165) is 38.5 Å². The van der Waals surface area contributed by atoms with Crippen molar-refractivity contribution in [3.05, 3.63) is 0 Å². The zero-order chi connectivity index (χ0) is 28.3. The molecule has 0 aliphatic rings. The molecule has 3 N–H and O–H groups in total. The third kappa shape index (κ3) is 22.0. The van der Waals surface area contributed by atoms with Gasteiger partial charge in [-0.05, 0) is 12.8 Å². The van der Waals surface area contributed by atoms with Crippen LogP contribution in [0.25, 0.3) is 0 Å². The lowest BCUT2D eigenvalue weighted by atomic mass is 10.1. The van der Waals surface area contributed by atoms with Crippen LogP contribution in [0.2, 0.25) is 0 Å². The first kappa shape index (κ1) is 37.1. The highest BCUT2D eigenvalue weighted by molar-refractivity contribution is 7.55. The molecule has 0 heterocycles. The third-order valence-electron chi connectivity index (χ3n) is 7.00. The maximum Gasteiger partial charge on any atom is 0.464 e. The van der Waals surface area contributed by atoms with E-state index in [1.807, 2.05) is 0 Å². The molecule has 0 aliphatic carbocycles. The number of nitrogens with two attached hydrogens (primary N) is 1. The Balaban J connectivity index is 4.04. The maximum atomic E-state index is 13.0. The monoisotopic (exact) mass is 561 g/mol. The zero-order valence-electron chi connectivity index (χ0n) is 24.8. The molecule has 8 heteroatoms. The highest BCUT2D eigenvalue weighted by atomic mass is 31.2. The molecule has 0 spiro atoms. The van der Waals surface area contributed by atoms with Crippen LogP contribution < -0.4 is 5.73 Å². The Labute approximate surface area is 233 Å². The molecule has 0 amide bonds. The summed E-state index contributed by atoms with van der Waals surface area (Å²) in [6.07, 6.45) is 25.5. The number of aliphatic hydroxyl groups excluding tert-OH is 1. The molecule has 7 nitrogen and oxygen atoms in total. The molecule has 0 bridgehead atoms. The van der Waals surface area contributed by atoms with E-state index in [1.54, 1.807) is 0 Å². The van der Waals surface area contributed by atoms with Crippen LogP contribution in [0.15, 0.2) is 0 Å². The van der Waals surface area contributed by atoms with Gasteiger partial charge in [-0.3, -0.25) is 9.59 Å². The number of hydrogen-bond acceptors (Lipinski definition) is 7. The fourth-order valence-electron chi connectivity index (χ4n) is 4.51. The summed E-state index contributed by atoms with van der Waals surface area (Å²) in [5.74, 6) is -3.15. The molecule has 0 rings (SSSR count). The first-order valence-electron chi connectivity index (χ1n) is 15.8. The zero-order valence-corrected chi connectivity index (χ0v) is 25.7. The molecule has 0 aromatic carbocycles. The van der Waals surface area contributed by atoms with E-state index in [-0.39, 0.29) is 12.8 Å². The standard InChI is InChI=1S/C30H60NO6P/c1-3-5-7-9-11-13-15-17-19-21-23-25-28(32)36-38(35,30(34)27-31)37-29(33)26-24-22-20-18-16-14-12-10-8-6-4-2/h30,34H,3-27,31H2,1-2H3. The van der Waals surface area contributed by atoms with Crippen molar-refractivity contribution in [2.24, 2.45) is 5.73 Å². The summed E-state index contributed by atoms with van der Waals surface area (Å²) in [6.45, 7) is 4.03. The average Bonchev–Trinajstić information content (AvgIpc) is 2.89. The van der Waals surface area contributed by atoms with Crippen LogP contribution in [0.1, 0.15) is 168 Å². The van der Waals surface area contributed by atoms with Crippen molar-refractivity contribution in [1.82, 2.24) is 0 Å². The van der Waals surface area contributed by atoms with E-state index in [2.05, 4.69) is 13.8 Å². The minimum absolute atomic E-state index is 0.0778. The molecule has 1 atom stereocenters. The summed E-state index contributed by atoms with van der Waals surface area (Å²) in [7, 11) is -4.36. The molecule has 0 saturated heterocycles. The largest absolute Gasteiger partial charge is 0.464 e. The van der Waals surface area contributed by atoms with Crippen molar-refractivity contribution in [3.8, 4) is 0 Å². The van der Waals surface area contributed by atoms with Gasteiger partial charge >= 0.3 is 19.5 Å². The summed E-state index contributed by atoms with van der Waals surface area (Å²) in [5.41, 5.74) is 5.43. The Morgan fingerprint density at radius 3 is 1.11 bits per heavy atom. The van der Waals surface area contributed by atoms with Gasteiger partial charge in [-0.25, -0.2) is 4.57 Å². The number of rotatable bonds is 28. The first-order valence-corrected chi connectivity index (χ1v) is 17.4. The first-order chi connectivity index (χ1) is 18.4. The van der Waals surface area contributed by atoms with Gasteiger partial charge in [0.15, 0.2) is 5.85 Å². The van der Waals surface area contributed by atoms with E-state index in [1.165, 1.54) is 89.9 Å². The van der Waals surface area contributed by atoms with E-state index in [9.17, 15) is 19.3 Å². The van der Waals surface area contributed by atoms with Crippen LogP contribution in [-0.4, -0.2) is 29.4 Å². The highest BCUT2D eigenvalue weighted by Crippen LogP contribution is 2.52. The second-order valence-corrected chi connectivity index (χ2v) is 12.8. The molecule has 0 aromatic heterocycles. The van der Waals surface area contributed by atoms with Gasteiger partial charge in [-0.1, -0.05) is 142 Å². The average molecular weight is 562 g/mol. The van der Waals surface area contributed by atoms with E-state index in [4.69, 9.17) is 14.8 Å². The van der Waals surface area contributed by atoms with Gasteiger partial charge in [0.05, 0.1) is 0 Å². The number of carbonyl (C=O) groups excluding carboxylic acids is 2. The number of aliphatic hydroxyl groups is 1. The third-order valence-corrected chi connectivity index (χ3v) is 8.86. The number of carbonyl (C=O) groups is 2. The Hall–Kier alpha value is -0.910. The van der Waals surface area contributed by atoms with Crippen molar-refractivity contribution >= 4 is 19.5 Å². The van der Waals surface area contributed by atoms with Crippen molar-refractivity contribution in [1.29, 1.82) is 0 Å². The fourth-order valence-corrected chi connectivity index (χ4v) is 5.80. The molecular weight excluding hydrogens is 501 g/mol. The second kappa shape index (κ2) is 26.3. The Kier molecular flexibility index (Phi) is 25.7. The van der Waals surface area contributed by atoms with Gasteiger partial charge in [0.1, 0.15) is 0 Å². The maximum absolute atomic E-state index is 13.0. The lowest BCUT2D eigenvalue weighted by molar-refractivity contribution is -0.139. The molecule has 38 heavy (non-hydrogen) atoms. The predicted molar refractivity (Wildman–Crippen MR) is 157 cm³/mol. The van der Waals surface area contributed by atoms with Crippen LogP contribution in [0.4, 0.5) is 0 Å². The smallest absolute Gasteiger partial charge is 0.381 e. The molecule has 0 saturated carbocycles. The number of unbranched alkanes of at least 4 members (excludes halogenated alkanes) is 20. The molecule has 1 unspecified atom stereocenters. The topological polar surface area (TPSA) is 116 Å². The predicted octanol–water partition coefficient (Wildman–Crippen LogP) is 8.95. The lowest BCUT2D eigenvalue weighted by Gasteiger charge is -2.21. The van der Waals surface area contributed by atoms with Crippen LogP contribution in [0.3, 0.4) is 0 Å². The van der Waals surface area contributed by atoms with E-state index < -0.39 is 31.9 Å². The molecule has 226 valence electrons. The summed E-state index contributed by atoms with van der Waals surface area (Å²) in [6, 6.07) is 0. The molecular formula is C30H60NO6P. The van der Waals surface area contributed by atoms with E-state index >= 15 is 0 Å². The molecule has 0 fully saturated rings. The van der Waals surface area contributed by atoms with Crippen LogP contribution in [-0.2, 0) is 23.2 Å². The molecule has 0 aliphatic heterocycles. The van der Waals surface area contributed by atoms with Crippen molar-refractivity contribution < 1.29 is 28.3 Å². The normalized spacial score (nSPS) is 12.4. The number of hydrogen-bond donors (Lipinski definition) is 2. The summed E-state index contributed by atoms with van der Waals surface area (Å²) in [4.78, 5) is 24.5. The summed E-state index contributed by atoms with van der Waals surface area (Å²) >= 11 is 0. The minimum atomic E-state index is -4.36. The Bertz CT molecular complexity index is 572. The van der Waals surface area contributed by atoms with Gasteiger partial charge < -0.3 is 19.9 Å². The van der Waals surface area contributed by atoms with Crippen LogP contribution in [0.5, 0.6) is 0 Å². The second-order valence-electron chi connectivity index (χ2n) is 10.8. The lowest BCUT2D eigenvalue weighted by Crippen LogP contribution is -2.25. The summed E-state index contributed by atoms with van der Waals surface area (Å²) in [5, 5.41) is 10.1. The SMILES string of the molecule is CCCCCCCCCCCCCC(=O)OP(=O)(OC(=O)CCCCCCCCCCCCC)C(O)CN. The van der Waals surface area contributed by atoms with Gasteiger partial charge in [0.25, 0.3) is 0 Å². The van der Waals surface area contributed by atoms with E-state index in [0.29, 0.717) is 12.8 Å². The minimum Gasteiger partial charge on any atom is -0.381 e. The quantitative estimate of drug-likeness (QED) is 0.0723. The summed E-state index contributed by atoms with van der Waals surface area (Å²) < 4.78 is 23.0. The van der Waals surface area contributed by atoms with Crippen molar-refractivity contribution in [3.63, 3.8) is 0 Å². The van der Waals surface area contributed by atoms with Crippen LogP contribution in [0, 0.1) is 0 Å². The van der Waals surface area contributed by atoms with Crippen LogP contribution >= 0.6 is 7.60 Å². The fraction of sp³-hybridized carbons (Fsp3) is 0.933. The molecule has 0 aromatic rings. The van der Waals surface area contributed by atoms with Gasteiger partial charge in [0.2, 0.25) is 0 Å². The van der Waals surface area contributed by atoms with Gasteiger partial charge in [-0.15, -0.1) is 0 Å². The Morgan fingerprint density at radius 1 is 0.579 bits per heavy atom. The van der Waals surface area contributed by atoms with Gasteiger partial charge in [-0.2, -0.15) is 0 Å². The highest BCUT2D eigenvalue weighted by Gasteiger charge is 2.40. The van der Waals surface area contributed by atoms with Crippen molar-refractivity contribution in [2.75, 3.05) is 6.54 Å². The Morgan fingerprint density at radius 2 is 0.842 bits per heavy atom.